The van der Waals surface area contributed by atoms with Gasteiger partial charge in [-0.05, 0) is 19.4 Å². The summed E-state index contributed by atoms with van der Waals surface area (Å²) in [7, 11) is 3.06. The molecule has 0 saturated carbocycles. The van der Waals surface area contributed by atoms with Gasteiger partial charge in [-0.25, -0.2) is 4.79 Å². The van der Waals surface area contributed by atoms with Gasteiger partial charge in [0, 0.05) is 33.9 Å². The van der Waals surface area contributed by atoms with Crippen LogP contribution in [0.3, 0.4) is 0 Å². The second-order valence-corrected chi connectivity index (χ2v) is 5.00. The SMILES string of the molecule is COCCCn1c(=O)n(C)c(=O)c2[nH]c(NCCCN)nc21. The van der Waals surface area contributed by atoms with E-state index in [0.717, 1.165) is 11.0 Å². The van der Waals surface area contributed by atoms with Crippen LogP contribution in [0.4, 0.5) is 5.95 Å². The van der Waals surface area contributed by atoms with Crippen molar-refractivity contribution in [2.75, 3.05) is 32.1 Å². The summed E-state index contributed by atoms with van der Waals surface area (Å²) in [5.74, 6) is 0.464. The van der Waals surface area contributed by atoms with Gasteiger partial charge in [-0.15, -0.1) is 0 Å². The van der Waals surface area contributed by atoms with Gasteiger partial charge in [-0.2, -0.15) is 4.98 Å². The van der Waals surface area contributed by atoms with Crippen LogP contribution in [0.15, 0.2) is 9.59 Å². The summed E-state index contributed by atoms with van der Waals surface area (Å²) in [6, 6.07) is 0. The van der Waals surface area contributed by atoms with Crippen LogP contribution in [0, 0.1) is 0 Å². The third-order valence-electron chi connectivity index (χ3n) is 3.38. The van der Waals surface area contributed by atoms with Crippen molar-refractivity contribution in [1.29, 1.82) is 0 Å². The Hall–Kier alpha value is -2.13. The fraction of sp³-hybridized carbons (Fsp3) is 0.615. The molecule has 0 aromatic carbocycles. The highest BCUT2D eigenvalue weighted by Gasteiger charge is 2.15. The molecule has 0 atom stereocenters. The monoisotopic (exact) mass is 310 g/mol. The number of aromatic nitrogens is 4. The molecule has 0 bridgehead atoms. The van der Waals surface area contributed by atoms with E-state index in [9.17, 15) is 9.59 Å². The topological polar surface area (TPSA) is 120 Å². The molecule has 2 rings (SSSR count). The molecule has 0 aliphatic rings. The van der Waals surface area contributed by atoms with Gasteiger partial charge in [-0.3, -0.25) is 13.9 Å². The predicted octanol–water partition coefficient (Wildman–Crippen LogP) is -0.779. The maximum atomic E-state index is 12.3. The Bertz CT molecular complexity index is 745. The molecule has 22 heavy (non-hydrogen) atoms. The summed E-state index contributed by atoms with van der Waals surface area (Å²) in [4.78, 5) is 31.7. The fourth-order valence-electron chi connectivity index (χ4n) is 2.20. The van der Waals surface area contributed by atoms with E-state index in [-0.39, 0.29) is 11.2 Å². The van der Waals surface area contributed by atoms with Crippen molar-refractivity contribution in [2.24, 2.45) is 12.8 Å². The lowest BCUT2D eigenvalue weighted by Crippen LogP contribution is -2.38. The number of methoxy groups -OCH3 is 1. The normalized spacial score (nSPS) is 11.2. The Balaban J connectivity index is 2.43. The molecule has 0 fully saturated rings. The first kappa shape index (κ1) is 16.2. The van der Waals surface area contributed by atoms with Gasteiger partial charge in [0.05, 0.1) is 0 Å². The predicted molar refractivity (Wildman–Crippen MR) is 84.2 cm³/mol. The van der Waals surface area contributed by atoms with E-state index in [1.165, 1.54) is 11.6 Å². The molecule has 0 saturated heterocycles. The van der Waals surface area contributed by atoms with Crippen molar-refractivity contribution in [2.45, 2.75) is 19.4 Å². The number of fused-ring (bicyclic) bond motifs is 1. The minimum Gasteiger partial charge on any atom is -0.385 e. The molecule has 9 nitrogen and oxygen atoms in total. The largest absolute Gasteiger partial charge is 0.385 e. The summed E-state index contributed by atoms with van der Waals surface area (Å²) in [5.41, 5.74) is 5.35. The first-order valence-electron chi connectivity index (χ1n) is 7.22. The Kier molecular flexibility index (Phi) is 5.34. The van der Waals surface area contributed by atoms with Crippen LogP contribution in [-0.2, 0) is 18.3 Å². The van der Waals surface area contributed by atoms with Crippen LogP contribution in [0.5, 0.6) is 0 Å². The molecule has 0 aliphatic carbocycles. The van der Waals surface area contributed by atoms with Crippen LogP contribution >= 0.6 is 0 Å². The highest BCUT2D eigenvalue weighted by molar-refractivity contribution is 5.72. The van der Waals surface area contributed by atoms with Gasteiger partial charge >= 0.3 is 5.69 Å². The maximum Gasteiger partial charge on any atom is 0.332 e. The van der Waals surface area contributed by atoms with Crippen molar-refractivity contribution in [3.8, 4) is 0 Å². The summed E-state index contributed by atoms with van der Waals surface area (Å²) in [5, 5.41) is 3.06. The van der Waals surface area contributed by atoms with E-state index in [1.807, 2.05) is 0 Å². The second kappa shape index (κ2) is 7.23. The maximum absolute atomic E-state index is 12.3. The molecule has 0 amide bonds. The highest BCUT2D eigenvalue weighted by atomic mass is 16.5. The number of nitrogens with two attached hydrogens (primary N) is 1. The average molecular weight is 310 g/mol. The van der Waals surface area contributed by atoms with Crippen molar-refractivity contribution in [1.82, 2.24) is 19.1 Å². The molecule has 122 valence electrons. The number of hydrogen-bond acceptors (Lipinski definition) is 6. The smallest absolute Gasteiger partial charge is 0.332 e. The zero-order valence-corrected chi connectivity index (χ0v) is 12.9. The number of rotatable bonds is 8. The summed E-state index contributed by atoms with van der Waals surface area (Å²) < 4.78 is 7.57. The van der Waals surface area contributed by atoms with Gasteiger partial charge in [0.2, 0.25) is 5.95 Å². The molecular weight excluding hydrogens is 288 g/mol. The number of nitrogens with one attached hydrogen (secondary N) is 2. The lowest BCUT2D eigenvalue weighted by atomic mass is 10.4. The molecule has 2 heterocycles. The second-order valence-electron chi connectivity index (χ2n) is 5.00. The van der Waals surface area contributed by atoms with Gasteiger partial charge in [-0.1, -0.05) is 0 Å². The van der Waals surface area contributed by atoms with Gasteiger partial charge in [0.1, 0.15) is 0 Å². The number of hydrogen-bond donors (Lipinski definition) is 3. The summed E-state index contributed by atoms with van der Waals surface area (Å²) >= 11 is 0. The molecule has 0 spiro atoms. The zero-order chi connectivity index (χ0) is 16.1. The van der Waals surface area contributed by atoms with E-state index in [0.29, 0.717) is 49.8 Å². The third kappa shape index (κ3) is 3.20. The Morgan fingerprint density at radius 2 is 2.14 bits per heavy atom. The number of aromatic amines is 1. The minimum atomic E-state index is -0.387. The molecule has 9 heteroatoms. The zero-order valence-electron chi connectivity index (χ0n) is 12.9. The fourth-order valence-corrected chi connectivity index (χ4v) is 2.20. The Labute approximate surface area is 127 Å². The number of ether oxygens (including phenoxy) is 1. The molecule has 0 radical (unpaired) electrons. The van der Waals surface area contributed by atoms with Gasteiger partial charge < -0.3 is 20.8 Å². The van der Waals surface area contributed by atoms with E-state index in [1.54, 1.807) is 7.11 Å². The molecule has 0 unspecified atom stereocenters. The van der Waals surface area contributed by atoms with Crippen molar-refractivity contribution in [3.63, 3.8) is 0 Å². The van der Waals surface area contributed by atoms with Crippen LogP contribution in [0.25, 0.3) is 11.2 Å². The molecule has 2 aromatic heterocycles. The van der Waals surface area contributed by atoms with Gasteiger partial charge in [0.15, 0.2) is 11.2 Å². The molecule has 4 N–H and O–H groups in total. The molecule has 2 aromatic rings. The molecular formula is C13H22N6O3. The average Bonchev–Trinajstić information content (AvgIpc) is 2.93. The van der Waals surface area contributed by atoms with Crippen molar-refractivity contribution in [3.05, 3.63) is 20.8 Å². The van der Waals surface area contributed by atoms with Crippen LogP contribution in [-0.4, -0.2) is 45.9 Å². The van der Waals surface area contributed by atoms with Crippen LogP contribution in [0.1, 0.15) is 12.8 Å². The molecule has 0 aliphatic heterocycles. The van der Waals surface area contributed by atoms with E-state index < -0.39 is 0 Å². The third-order valence-corrected chi connectivity index (χ3v) is 3.38. The van der Waals surface area contributed by atoms with Crippen molar-refractivity contribution >= 4 is 17.1 Å². The summed E-state index contributed by atoms with van der Waals surface area (Å²) in [6.07, 6.45) is 1.45. The quantitative estimate of drug-likeness (QED) is 0.550. The first-order chi connectivity index (χ1) is 10.6. The first-order valence-corrected chi connectivity index (χ1v) is 7.22. The Morgan fingerprint density at radius 1 is 1.36 bits per heavy atom. The number of imidazole rings is 1. The number of nitrogens with zero attached hydrogens (tertiary/aromatic N) is 3. The Morgan fingerprint density at radius 3 is 2.82 bits per heavy atom. The standard InChI is InChI=1S/C13H22N6O3/c1-18-11(20)9-10(17-12(16-9)15-6-3-5-14)19(13(18)21)7-4-8-22-2/h3-8,14H2,1-2H3,(H2,15,16,17). The number of anilines is 1. The van der Waals surface area contributed by atoms with Crippen molar-refractivity contribution < 1.29 is 4.74 Å². The lowest BCUT2D eigenvalue weighted by Gasteiger charge is -2.07. The number of H-pyrrole nitrogens is 1. The lowest BCUT2D eigenvalue weighted by molar-refractivity contribution is 0.190. The minimum absolute atomic E-state index is 0.315. The van der Waals surface area contributed by atoms with Gasteiger partial charge in [0.25, 0.3) is 5.56 Å². The summed E-state index contributed by atoms with van der Waals surface area (Å²) in [6.45, 7) is 2.18. The number of aryl methyl sites for hydroxylation is 1. The van der Waals surface area contributed by atoms with E-state index >= 15 is 0 Å². The highest BCUT2D eigenvalue weighted by Crippen LogP contribution is 2.09. The van der Waals surface area contributed by atoms with Crippen LogP contribution < -0.4 is 22.3 Å². The van der Waals surface area contributed by atoms with E-state index in [4.69, 9.17) is 10.5 Å². The van der Waals surface area contributed by atoms with Crippen LogP contribution in [0.2, 0.25) is 0 Å². The van der Waals surface area contributed by atoms with E-state index in [2.05, 4.69) is 15.3 Å².